The Labute approximate surface area is 121 Å². The molecular formula is C13H16N6S. The number of nitrogens with one attached hydrogen (secondary N) is 1. The lowest BCUT2D eigenvalue weighted by atomic mass is 10.1. The molecule has 0 fully saturated rings. The lowest BCUT2D eigenvalue weighted by Crippen LogP contribution is -2.14. The van der Waals surface area contributed by atoms with Gasteiger partial charge in [0.15, 0.2) is 5.16 Å². The first-order valence-electron chi connectivity index (χ1n) is 6.47. The van der Waals surface area contributed by atoms with Gasteiger partial charge >= 0.3 is 0 Å². The third-order valence-electron chi connectivity index (χ3n) is 3.55. The van der Waals surface area contributed by atoms with E-state index in [9.17, 15) is 0 Å². The number of nitrogen functional groups attached to an aromatic ring is 1. The van der Waals surface area contributed by atoms with Crippen LogP contribution in [0.15, 0.2) is 16.2 Å². The second-order valence-electron chi connectivity index (χ2n) is 4.90. The van der Waals surface area contributed by atoms with Crippen LogP contribution in [0.1, 0.15) is 29.1 Å². The largest absolute Gasteiger partial charge is 0.384 e. The van der Waals surface area contributed by atoms with Gasteiger partial charge in [-0.25, -0.2) is 4.98 Å². The summed E-state index contributed by atoms with van der Waals surface area (Å²) in [4.78, 5) is 4.68. The average Bonchev–Trinajstić information content (AvgIpc) is 2.99. The fraction of sp³-hybridized carbons (Fsp3) is 0.385. The van der Waals surface area contributed by atoms with Gasteiger partial charge in [0.25, 0.3) is 0 Å². The molecule has 2 aromatic heterocycles. The Morgan fingerprint density at radius 3 is 2.85 bits per heavy atom. The minimum Gasteiger partial charge on any atom is -0.384 e. The van der Waals surface area contributed by atoms with Crippen molar-refractivity contribution in [2.45, 2.75) is 36.4 Å². The van der Waals surface area contributed by atoms with Crippen molar-refractivity contribution < 1.29 is 0 Å². The SMILES string of the molecule is Cc1nnc(Sc2nc3c(cc2C(=N)N)CCC3)n1C. The average molecular weight is 288 g/mol. The predicted octanol–water partition coefficient (Wildman–Crippen LogP) is 1.44. The molecule has 7 heteroatoms. The summed E-state index contributed by atoms with van der Waals surface area (Å²) in [6.07, 6.45) is 3.15. The lowest BCUT2D eigenvalue weighted by molar-refractivity contribution is 0.764. The van der Waals surface area contributed by atoms with Gasteiger partial charge in [-0.2, -0.15) is 0 Å². The Bertz CT molecular complexity index is 690. The van der Waals surface area contributed by atoms with Crippen LogP contribution in [0.2, 0.25) is 0 Å². The lowest BCUT2D eigenvalue weighted by Gasteiger charge is -2.09. The number of pyridine rings is 1. The van der Waals surface area contributed by atoms with Crippen molar-refractivity contribution in [1.29, 1.82) is 5.41 Å². The zero-order chi connectivity index (χ0) is 14.3. The van der Waals surface area contributed by atoms with E-state index in [2.05, 4.69) is 15.2 Å². The Kier molecular flexibility index (Phi) is 3.21. The fourth-order valence-electron chi connectivity index (χ4n) is 2.29. The second-order valence-corrected chi connectivity index (χ2v) is 5.86. The number of fused-ring (bicyclic) bond motifs is 1. The van der Waals surface area contributed by atoms with E-state index in [1.807, 2.05) is 24.6 Å². The molecule has 0 saturated carbocycles. The van der Waals surface area contributed by atoms with Crippen molar-refractivity contribution in [2.75, 3.05) is 0 Å². The molecule has 104 valence electrons. The summed E-state index contributed by atoms with van der Waals surface area (Å²) in [6, 6.07) is 2.00. The monoisotopic (exact) mass is 288 g/mol. The quantitative estimate of drug-likeness (QED) is 0.658. The number of amidine groups is 1. The Morgan fingerprint density at radius 1 is 1.40 bits per heavy atom. The smallest absolute Gasteiger partial charge is 0.197 e. The molecule has 0 atom stereocenters. The van der Waals surface area contributed by atoms with E-state index in [1.54, 1.807) is 0 Å². The van der Waals surface area contributed by atoms with Crippen LogP contribution in [-0.4, -0.2) is 25.6 Å². The van der Waals surface area contributed by atoms with Gasteiger partial charge in [-0.15, -0.1) is 10.2 Å². The first-order valence-corrected chi connectivity index (χ1v) is 7.29. The highest BCUT2D eigenvalue weighted by molar-refractivity contribution is 7.99. The number of hydrogen-bond donors (Lipinski definition) is 2. The summed E-state index contributed by atoms with van der Waals surface area (Å²) in [5.41, 5.74) is 8.72. The van der Waals surface area contributed by atoms with E-state index in [0.717, 1.165) is 41.0 Å². The number of nitrogens with two attached hydrogens (primary N) is 1. The van der Waals surface area contributed by atoms with Gasteiger partial charge in [-0.05, 0) is 49.6 Å². The maximum absolute atomic E-state index is 7.75. The van der Waals surface area contributed by atoms with Crippen LogP contribution < -0.4 is 5.73 Å². The van der Waals surface area contributed by atoms with Crippen molar-refractivity contribution >= 4 is 17.6 Å². The van der Waals surface area contributed by atoms with E-state index < -0.39 is 0 Å². The van der Waals surface area contributed by atoms with Crippen molar-refractivity contribution in [3.05, 3.63) is 28.7 Å². The minimum atomic E-state index is 0.0496. The summed E-state index contributed by atoms with van der Waals surface area (Å²) in [5, 5.41) is 17.4. The van der Waals surface area contributed by atoms with Gasteiger partial charge < -0.3 is 10.3 Å². The Balaban J connectivity index is 2.04. The molecule has 2 heterocycles. The topological polar surface area (TPSA) is 93.5 Å². The number of nitrogens with zero attached hydrogens (tertiary/aromatic N) is 4. The van der Waals surface area contributed by atoms with Crippen molar-refractivity contribution in [3.63, 3.8) is 0 Å². The molecule has 6 nitrogen and oxygen atoms in total. The summed E-state index contributed by atoms with van der Waals surface area (Å²) in [6.45, 7) is 1.90. The number of rotatable bonds is 3. The first kappa shape index (κ1) is 13.1. The molecule has 0 spiro atoms. The summed E-state index contributed by atoms with van der Waals surface area (Å²) in [7, 11) is 1.92. The van der Waals surface area contributed by atoms with E-state index >= 15 is 0 Å². The molecule has 1 aliphatic rings. The van der Waals surface area contributed by atoms with Crippen LogP contribution in [0.5, 0.6) is 0 Å². The minimum absolute atomic E-state index is 0.0496. The normalized spacial score (nSPS) is 13.5. The molecule has 1 aliphatic carbocycles. The van der Waals surface area contributed by atoms with E-state index in [0.29, 0.717) is 5.56 Å². The molecule has 0 bridgehead atoms. The molecule has 0 aromatic carbocycles. The molecule has 3 N–H and O–H groups in total. The highest BCUT2D eigenvalue weighted by Gasteiger charge is 2.20. The maximum atomic E-state index is 7.75. The fourth-order valence-corrected chi connectivity index (χ4v) is 3.25. The number of hydrogen-bond acceptors (Lipinski definition) is 5. The third kappa shape index (κ3) is 2.18. The molecule has 0 unspecified atom stereocenters. The van der Waals surface area contributed by atoms with E-state index in [4.69, 9.17) is 11.1 Å². The molecular weight excluding hydrogens is 272 g/mol. The van der Waals surface area contributed by atoms with Crippen LogP contribution in [0, 0.1) is 12.3 Å². The highest BCUT2D eigenvalue weighted by atomic mass is 32.2. The van der Waals surface area contributed by atoms with Gasteiger partial charge in [0.05, 0.1) is 0 Å². The van der Waals surface area contributed by atoms with Crippen molar-refractivity contribution in [2.24, 2.45) is 12.8 Å². The molecule has 0 amide bonds. The second kappa shape index (κ2) is 4.90. The number of aryl methyl sites for hydroxylation is 3. The van der Waals surface area contributed by atoms with Crippen LogP contribution >= 0.6 is 11.8 Å². The van der Waals surface area contributed by atoms with Gasteiger partial charge in [-0.1, -0.05) is 0 Å². The van der Waals surface area contributed by atoms with Gasteiger partial charge in [-0.3, -0.25) is 5.41 Å². The zero-order valence-corrected chi connectivity index (χ0v) is 12.3. The van der Waals surface area contributed by atoms with Crippen molar-refractivity contribution in [3.8, 4) is 0 Å². The maximum Gasteiger partial charge on any atom is 0.197 e. The van der Waals surface area contributed by atoms with E-state index in [1.165, 1.54) is 17.3 Å². The predicted molar refractivity (Wildman–Crippen MR) is 77.1 cm³/mol. The standard InChI is InChI=1S/C13H16N6S/c1-7-17-18-13(19(7)2)20-12-9(11(14)15)6-8-4-3-5-10(8)16-12/h6H,3-5H2,1-2H3,(H3,14,15). The van der Waals surface area contributed by atoms with E-state index in [-0.39, 0.29) is 5.84 Å². The Morgan fingerprint density at radius 2 is 2.20 bits per heavy atom. The Hall–Kier alpha value is -1.89. The van der Waals surface area contributed by atoms with Crippen LogP contribution in [0.25, 0.3) is 0 Å². The van der Waals surface area contributed by atoms with Gasteiger partial charge in [0, 0.05) is 18.3 Å². The zero-order valence-electron chi connectivity index (χ0n) is 11.5. The van der Waals surface area contributed by atoms with Gasteiger partial charge in [0.1, 0.15) is 16.7 Å². The summed E-state index contributed by atoms with van der Waals surface area (Å²) < 4.78 is 1.91. The van der Waals surface area contributed by atoms with Crippen molar-refractivity contribution in [1.82, 2.24) is 19.7 Å². The van der Waals surface area contributed by atoms with Crippen LogP contribution in [0.3, 0.4) is 0 Å². The number of aromatic nitrogens is 4. The van der Waals surface area contributed by atoms with Gasteiger partial charge in [0.2, 0.25) is 0 Å². The molecule has 3 rings (SSSR count). The molecule has 20 heavy (non-hydrogen) atoms. The molecule has 0 radical (unpaired) electrons. The molecule has 0 saturated heterocycles. The first-order chi connectivity index (χ1) is 9.56. The summed E-state index contributed by atoms with van der Waals surface area (Å²) >= 11 is 1.41. The van der Waals surface area contributed by atoms with Crippen LogP contribution in [-0.2, 0) is 19.9 Å². The summed E-state index contributed by atoms with van der Waals surface area (Å²) in [5.74, 6) is 0.895. The van der Waals surface area contributed by atoms with Crippen LogP contribution in [0.4, 0.5) is 0 Å². The third-order valence-corrected chi connectivity index (χ3v) is 4.59. The molecule has 2 aromatic rings. The molecule has 0 aliphatic heterocycles. The highest BCUT2D eigenvalue weighted by Crippen LogP contribution is 2.31.